The molecule has 18 heavy (non-hydrogen) atoms. The lowest BCUT2D eigenvalue weighted by Gasteiger charge is -2.15. The first-order valence-electron chi connectivity index (χ1n) is 6.38. The van der Waals surface area contributed by atoms with Gasteiger partial charge in [-0.05, 0) is 37.1 Å². The maximum absolute atomic E-state index is 9.72. The van der Waals surface area contributed by atoms with Gasteiger partial charge in [0.2, 0.25) is 0 Å². The summed E-state index contributed by atoms with van der Waals surface area (Å²) in [5.41, 5.74) is 0.827. The molecule has 0 aromatic heterocycles. The standard InChI is InChI=1S/C14H23NO3/c1-3-11(6-7-16)9-15-10-12-8-13(18-2)4-5-14(12)17/h4-5,8,11,15-17H,3,6-7,9-10H2,1-2H3. The molecule has 0 radical (unpaired) electrons. The summed E-state index contributed by atoms with van der Waals surface area (Å²) in [5.74, 6) is 1.49. The van der Waals surface area contributed by atoms with Crippen LogP contribution < -0.4 is 10.1 Å². The van der Waals surface area contributed by atoms with Crippen LogP contribution in [0.4, 0.5) is 0 Å². The molecular weight excluding hydrogens is 230 g/mol. The molecule has 0 fully saturated rings. The first-order valence-corrected chi connectivity index (χ1v) is 6.38. The van der Waals surface area contributed by atoms with Gasteiger partial charge in [-0.1, -0.05) is 13.3 Å². The van der Waals surface area contributed by atoms with Crippen molar-refractivity contribution in [2.45, 2.75) is 26.3 Å². The van der Waals surface area contributed by atoms with E-state index in [2.05, 4.69) is 12.2 Å². The molecule has 3 N–H and O–H groups in total. The van der Waals surface area contributed by atoms with Crippen molar-refractivity contribution in [1.29, 1.82) is 0 Å². The number of nitrogens with one attached hydrogen (secondary N) is 1. The van der Waals surface area contributed by atoms with Gasteiger partial charge in [-0.15, -0.1) is 0 Å². The van der Waals surface area contributed by atoms with Crippen LogP contribution in [0.3, 0.4) is 0 Å². The van der Waals surface area contributed by atoms with Crippen LogP contribution in [-0.4, -0.2) is 30.5 Å². The summed E-state index contributed by atoms with van der Waals surface area (Å²) in [7, 11) is 1.61. The second-order valence-corrected chi connectivity index (χ2v) is 4.41. The molecular formula is C14H23NO3. The number of phenols is 1. The molecule has 0 saturated carbocycles. The van der Waals surface area contributed by atoms with Crippen LogP contribution in [0, 0.1) is 5.92 Å². The van der Waals surface area contributed by atoms with E-state index in [-0.39, 0.29) is 12.4 Å². The maximum atomic E-state index is 9.72. The van der Waals surface area contributed by atoms with Crippen LogP contribution in [0.15, 0.2) is 18.2 Å². The largest absolute Gasteiger partial charge is 0.508 e. The van der Waals surface area contributed by atoms with E-state index in [0.717, 1.165) is 30.7 Å². The molecule has 4 nitrogen and oxygen atoms in total. The predicted octanol–water partition coefficient (Wildman–Crippen LogP) is 1.90. The zero-order valence-corrected chi connectivity index (χ0v) is 11.1. The lowest BCUT2D eigenvalue weighted by atomic mass is 10.0. The number of rotatable bonds is 8. The van der Waals surface area contributed by atoms with Crippen molar-refractivity contribution in [2.75, 3.05) is 20.3 Å². The third kappa shape index (κ3) is 4.55. The maximum Gasteiger partial charge on any atom is 0.120 e. The summed E-state index contributed by atoms with van der Waals surface area (Å²) < 4.78 is 5.13. The predicted molar refractivity (Wildman–Crippen MR) is 71.8 cm³/mol. The van der Waals surface area contributed by atoms with Crippen LogP contribution in [0.25, 0.3) is 0 Å². The van der Waals surface area contributed by atoms with E-state index in [1.54, 1.807) is 19.2 Å². The van der Waals surface area contributed by atoms with E-state index < -0.39 is 0 Å². The van der Waals surface area contributed by atoms with E-state index in [1.165, 1.54) is 0 Å². The second kappa shape index (κ2) is 7.95. The van der Waals surface area contributed by atoms with Crippen molar-refractivity contribution >= 4 is 0 Å². The third-order valence-corrected chi connectivity index (χ3v) is 3.15. The Bertz CT molecular complexity index is 355. The fraction of sp³-hybridized carbons (Fsp3) is 0.571. The Morgan fingerprint density at radius 3 is 2.78 bits per heavy atom. The van der Waals surface area contributed by atoms with Crippen LogP contribution in [0.1, 0.15) is 25.3 Å². The minimum atomic E-state index is 0.227. The first kappa shape index (κ1) is 14.8. The van der Waals surface area contributed by atoms with Crippen LogP contribution >= 0.6 is 0 Å². The van der Waals surface area contributed by atoms with E-state index in [1.807, 2.05) is 6.07 Å². The number of aliphatic hydroxyl groups excluding tert-OH is 1. The molecule has 0 bridgehead atoms. The van der Waals surface area contributed by atoms with Crippen molar-refractivity contribution < 1.29 is 14.9 Å². The Balaban J connectivity index is 2.47. The smallest absolute Gasteiger partial charge is 0.120 e. The van der Waals surface area contributed by atoms with Gasteiger partial charge in [0.1, 0.15) is 11.5 Å². The third-order valence-electron chi connectivity index (χ3n) is 3.15. The van der Waals surface area contributed by atoms with Crippen LogP contribution in [-0.2, 0) is 6.54 Å². The van der Waals surface area contributed by atoms with Gasteiger partial charge in [0.25, 0.3) is 0 Å². The summed E-state index contributed by atoms with van der Waals surface area (Å²) >= 11 is 0. The zero-order chi connectivity index (χ0) is 13.4. The molecule has 4 heteroatoms. The van der Waals surface area contributed by atoms with E-state index in [0.29, 0.717) is 12.5 Å². The monoisotopic (exact) mass is 253 g/mol. The number of aromatic hydroxyl groups is 1. The molecule has 0 amide bonds. The molecule has 1 unspecified atom stereocenters. The molecule has 0 aliphatic carbocycles. The van der Waals surface area contributed by atoms with Crippen LogP contribution in [0.2, 0.25) is 0 Å². The van der Waals surface area contributed by atoms with Crippen molar-refractivity contribution in [1.82, 2.24) is 5.32 Å². The number of hydrogen-bond donors (Lipinski definition) is 3. The van der Waals surface area contributed by atoms with Gasteiger partial charge in [0.05, 0.1) is 7.11 Å². The second-order valence-electron chi connectivity index (χ2n) is 4.41. The fourth-order valence-corrected chi connectivity index (χ4v) is 1.87. The quantitative estimate of drug-likeness (QED) is 0.662. The Hall–Kier alpha value is -1.26. The Labute approximate surface area is 109 Å². The molecule has 0 aliphatic rings. The summed E-state index contributed by atoms with van der Waals surface area (Å²) in [6, 6.07) is 5.20. The van der Waals surface area contributed by atoms with Crippen molar-refractivity contribution in [2.24, 2.45) is 5.92 Å². The Kier molecular flexibility index (Phi) is 6.54. The molecule has 102 valence electrons. The molecule has 1 atom stereocenters. The highest BCUT2D eigenvalue weighted by Crippen LogP contribution is 2.22. The van der Waals surface area contributed by atoms with Gasteiger partial charge >= 0.3 is 0 Å². The summed E-state index contributed by atoms with van der Waals surface area (Å²) in [5, 5.41) is 21.9. The lowest BCUT2D eigenvalue weighted by Crippen LogP contribution is -2.23. The number of ether oxygens (including phenoxy) is 1. The number of phenolic OH excluding ortho intramolecular Hbond substituents is 1. The van der Waals surface area contributed by atoms with E-state index >= 15 is 0 Å². The van der Waals surface area contributed by atoms with Gasteiger partial charge in [-0.3, -0.25) is 0 Å². The van der Waals surface area contributed by atoms with Gasteiger partial charge in [-0.25, -0.2) is 0 Å². The van der Waals surface area contributed by atoms with Crippen LogP contribution in [0.5, 0.6) is 11.5 Å². The first-order chi connectivity index (χ1) is 8.71. The lowest BCUT2D eigenvalue weighted by molar-refractivity contribution is 0.251. The molecule has 1 aromatic rings. The SMILES string of the molecule is CCC(CCO)CNCc1cc(OC)ccc1O. The zero-order valence-electron chi connectivity index (χ0n) is 11.1. The molecule has 0 heterocycles. The van der Waals surface area contributed by atoms with E-state index in [4.69, 9.17) is 9.84 Å². The molecule has 1 rings (SSSR count). The number of hydrogen-bond acceptors (Lipinski definition) is 4. The summed E-state index contributed by atoms with van der Waals surface area (Å²) in [4.78, 5) is 0. The fourth-order valence-electron chi connectivity index (χ4n) is 1.87. The average Bonchev–Trinajstić information content (AvgIpc) is 2.39. The Morgan fingerprint density at radius 1 is 1.39 bits per heavy atom. The normalized spacial score (nSPS) is 12.4. The number of aliphatic hydroxyl groups is 1. The van der Waals surface area contributed by atoms with Gasteiger partial charge in [0.15, 0.2) is 0 Å². The minimum Gasteiger partial charge on any atom is -0.508 e. The molecule has 0 saturated heterocycles. The average molecular weight is 253 g/mol. The van der Waals surface area contributed by atoms with Crippen molar-refractivity contribution in [3.05, 3.63) is 23.8 Å². The van der Waals surface area contributed by atoms with Crippen molar-refractivity contribution in [3.8, 4) is 11.5 Å². The Morgan fingerprint density at radius 2 is 2.17 bits per heavy atom. The van der Waals surface area contributed by atoms with Gasteiger partial charge < -0.3 is 20.3 Å². The van der Waals surface area contributed by atoms with Gasteiger partial charge in [0, 0.05) is 18.7 Å². The highest BCUT2D eigenvalue weighted by atomic mass is 16.5. The van der Waals surface area contributed by atoms with Crippen molar-refractivity contribution in [3.63, 3.8) is 0 Å². The summed E-state index contributed by atoms with van der Waals surface area (Å²) in [6.45, 7) is 3.79. The minimum absolute atomic E-state index is 0.227. The highest BCUT2D eigenvalue weighted by molar-refractivity contribution is 5.39. The highest BCUT2D eigenvalue weighted by Gasteiger charge is 2.07. The van der Waals surface area contributed by atoms with E-state index in [9.17, 15) is 5.11 Å². The summed E-state index contributed by atoms with van der Waals surface area (Å²) in [6.07, 6.45) is 1.85. The number of methoxy groups -OCH3 is 1. The number of benzene rings is 1. The molecule has 1 aromatic carbocycles. The van der Waals surface area contributed by atoms with Gasteiger partial charge in [-0.2, -0.15) is 0 Å². The molecule has 0 aliphatic heterocycles. The topological polar surface area (TPSA) is 61.7 Å². The molecule has 0 spiro atoms.